The number of hydrogen-bond acceptors (Lipinski definition) is 6. The van der Waals surface area contributed by atoms with Crippen molar-refractivity contribution < 1.29 is 32.4 Å². The first-order valence-corrected chi connectivity index (χ1v) is 9.64. The van der Waals surface area contributed by atoms with Crippen molar-refractivity contribution in [3.05, 3.63) is 70.4 Å². The van der Waals surface area contributed by atoms with Crippen LogP contribution < -0.4 is 5.43 Å². The van der Waals surface area contributed by atoms with E-state index in [1.54, 1.807) is 6.07 Å². The zero-order valence-electron chi connectivity index (χ0n) is 14.5. The molecule has 29 heavy (non-hydrogen) atoms. The molecule has 0 amide bonds. The topological polar surface area (TPSA) is 142 Å². The number of fused-ring (bicyclic) bond motifs is 2. The van der Waals surface area contributed by atoms with Crippen LogP contribution in [0.3, 0.4) is 0 Å². The SMILES string of the molecule is O=C(O)c1ccccc1-c1c2ccc(=O)cc-2oc2cc(O)c(S(=O)(=O)O)cc12. The molecular weight excluding hydrogens is 400 g/mol. The lowest BCUT2D eigenvalue weighted by atomic mass is 9.91. The summed E-state index contributed by atoms with van der Waals surface area (Å²) in [4.78, 5) is 22.8. The van der Waals surface area contributed by atoms with Crippen LogP contribution in [0.2, 0.25) is 0 Å². The van der Waals surface area contributed by atoms with E-state index in [9.17, 15) is 32.8 Å². The van der Waals surface area contributed by atoms with Crippen molar-refractivity contribution in [1.82, 2.24) is 0 Å². The Bertz CT molecular complexity index is 1430. The summed E-state index contributed by atoms with van der Waals surface area (Å²) in [6.07, 6.45) is 0. The van der Waals surface area contributed by atoms with Gasteiger partial charge in [-0.25, -0.2) is 4.79 Å². The minimum absolute atomic E-state index is 0.00296. The van der Waals surface area contributed by atoms with Crippen molar-refractivity contribution in [2.75, 3.05) is 0 Å². The van der Waals surface area contributed by atoms with Crippen molar-refractivity contribution in [2.24, 2.45) is 0 Å². The molecule has 8 nitrogen and oxygen atoms in total. The van der Waals surface area contributed by atoms with Gasteiger partial charge in [-0.05, 0) is 29.8 Å². The van der Waals surface area contributed by atoms with Crippen LogP contribution in [0.25, 0.3) is 33.4 Å². The van der Waals surface area contributed by atoms with Gasteiger partial charge in [0.2, 0.25) is 0 Å². The maximum Gasteiger partial charge on any atom is 0.336 e. The van der Waals surface area contributed by atoms with E-state index in [0.717, 1.165) is 12.1 Å². The molecule has 0 spiro atoms. The fraction of sp³-hybridized carbons (Fsp3) is 0. The van der Waals surface area contributed by atoms with E-state index in [2.05, 4.69) is 0 Å². The van der Waals surface area contributed by atoms with E-state index in [1.807, 2.05) is 0 Å². The smallest absolute Gasteiger partial charge is 0.336 e. The molecule has 0 saturated carbocycles. The van der Waals surface area contributed by atoms with E-state index in [0.29, 0.717) is 5.56 Å². The normalized spacial score (nSPS) is 11.8. The number of carboxylic acid groups (broad SMARTS) is 1. The molecule has 2 aromatic carbocycles. The minimum Gasteiger partial charge on any atom is -0.506 e. The van der Waals surface area contributed by atoms with Crippen molar-refractivity contribution in [2.45, 2.75) is 4.90 Å². The number of aromatic hydroxyl groups is 1. The highest BCUT2D eigenvalue weighted by molar-refractivity contribution is 7.86. The lowest BCUT2D eigenvalue weighted by Gasteiger charge is -2.17. The molecule has 3 N–H and O–H groups in total. The third-order valence-electron chi connectivity index (χ3n) is 4.48. The molecule has 0 radical (unpaired) electrons. The Labute approximate surface area is 163 Å². The molecular formula is C20H12O8S. The number of aromatic carboxylic acids is 1. The van der Waals surface area contributed by atoms with Crippen LogP contribution in [0, 0.1) is 0 Å². The standard InChI is InChI=1S/C20H12O8S/c21-10-5-6-13-16(7-10)28-17-9-15(22)18(29(25,26)27)8-14(17)19(13)11-3-1-2-4-12(11)20(23)24/h1-9,22H,(H,23,24)(H,25,26,27). The summed E-state index contributed by atoms with van der Waals surface area (Å²) in [6, 6.07) is 12.0. The zero-order valence-corrected chi connectivity index (χ0v) is 15.3. The van der Waals surface area contributed by atoms with Crippen molar-refractivity contribution in [3.63, 3.8) is 0 Å². The first-order chi connectivity index (χ1) is 13.7. The molecule has 2 aliphatic rings. The van der Waals surface area contributed by atoms with Crippen LogP contribution >= 0.6 is 0 Å². The summed E-state index contributed by atoms with van der Waals surface area (Å²) in [5.74, 6) is -1.84. The number of carboxylic acids is 1. The van der Waals surface area contributed by atoms with Crippen LogP contribution in [0.4, 0.5) is 0 Å². The summed E-state index contributed by atoms with van der Waals surface area (Å²) in [5.41, 5.74) is 0.479. The minimum atomic E-state index is -4.77. The van der Waals surface area contributed by atoms with E-state index < -0.39 is 26.7 Å². The molecule has 0 aromatic heterocycles. The van der Waals surface area contributed by atoms with Crippen molar-refractivity contribution in [3.8, 4) is 28.2 Å². The molecule has 0 saturated heterocycles. The van der Waals surface area contributed by atoms with Gasteiger partial charge in [0.05, 0.1) is 5.56 Å². The number of phenolic OH excluding ortho intramolecular Hbond substituents is 1. The molecule has 0 atom stereocenters. The van der Waals surface area contributed by atoms with Crippen LogP contribution in [0.5, 0.6) is 5.75 Å². The van der Waals surface area contributed by atoms with Gasteiger partial charge in [0, 0.05) is 28.6 Å². The van der Waals surface area contributed by atoms with E-state index in [-0.39, 0.29) is 38.8 Å². The molecule has 0 fully saturated rings. The molecule has 9 heteroatoms. The highest BCUT2D eigenvalue weighted by Crippen LogP contribution is 2.43. The zero-order chi connectivity index (χ0) is 20.9. The number of hydrogen-bond donors (Lipinski definition) is 3. The van der Waals surface area contributed by atoms with E-state index in [4.69, 9.17) is 4.42 Å². The van der Waals surface area contributed by atoms with Gasteiger partial charge < -0.3 is 14.6 Å². The molecule has 2 aromatic rings. The summed E-state index contributed by atoms with van der Waals surface area (Å²) >= 11 is 0. The van der Waals surface area contributed by atoms with Crippen LogP contribution in [0.15, 0.2) is 68.7 Å². The number of rotatable bonds is 3. The van der Waals surface area contributed by atoms with Crippen molar-refractivity contribution >= 4 is 27.1 Å². The second kappa shape index (κ2) is 6.43. The van der Waals surface area contributed by atoms with Gasteiger partial charge in [-0.3, -0.25) is 9.35 Å². The fourth-order valence-electron chi connectivity index (χ4n) is 3.27. The predicted molar refractivity (Wildman–Crippen MR) is 103 cm³/mol. The van der Waals surface area contributed by atoms with Crippen LogP contribution in [0.1, 0.15) is 10.4 Å². The molecule has 1 aliphatic carbocycles. The summed E-state index contributed by atoms with van der Waals surface area (Å²) < 4.78 is 38.4. The van der Waals surface area contributed by atoms with Crippen LogP contribution in [-0.2, 0) is 10.1 Å². The molecule has 146 valence electrons. The van der Waals surface area contributed by atoms with Crippen LogP contribution in [-0.4, -0.2) is 29.2 Å². The molecule has 0 unspecified atom stereocenters. The Balaban J connectivity index is 2.27. The highest BCUT2D eigenvalue weighted by atomic mass is 32.2. The largest absolute Gasteiger partial charge is 0.506 e. The molecule has 1 heterocycles. The third kappa shape index (κ3) is 3.12. The second-order valence-corrected chi connectivity index (χ2v) is 7.67. The lowest BCUT2D eigenvalue weighted by molar-refractivity contribution is 0.0697. The Morgan fingerprint density at radius 2 is 1.69 bits per heavy atom. The summed E-state index contributed by atoms with van der Waals surface area (Å²) in [6.45, 7) is 0. The van der Waals surface area contributed by atoms with Gasteiger partial charge in [-0.2, -0.15) is 8.42 Å². The Kier molecular flexibility index (Phi) is 4.14. The monoisotopic (exact) mass is 412 g/mol. The second-order valence-electron chi connectivity index (χ2n) is 6.28. The van der Waals surface area contributed by atoms with Gasteiger partial charge >= 0.3 is 5.97 Å². The summed E-state index contributed by atoms with van der Waals surface area (Å²) in [5, 5.41) is 19.7. The van der Waals surface area contributed by atoms with E-state index in [1.165, 1.54) is 36.4 Å². The van der Waals surface area contributed by atoms with Gasteiger partial charge in [-0.1, -0.05) is 18.2 Å². The third-order valence-corrected chi connectivity index (χ3v) is 5.36. The Morgan fingerprint density at radius 3 is 2.38 bits per heavy atom. The van der Waals surface area contributed by atoms with Gasteiger partial charge in [-0.15, -0.1) is 0 Å². The quantitative estimate of drug-likeness (QED) is 0.344. The fourth-order valence-corrected chi connectivity index (χ4v) is 3.86. The number of phenols is 1. The molecule has 1 aliphatic heterocycles. The number of carbonyl (C=O) groups is 1. The first-order valence-electron chi connectivity index (χ1n) is 8.20. The van der Waals surface area contributed by atoms with Gasteiger partial charge in [0.1, 0.15) is 22.0 Å². The lowest BCUT2D eigenvalue weighted by Crippen LogP contribution is -2.04. The van der Waals surface area contributed by atoms with E-state index >= 15 is 0 Å². The maximum atomic E-state index is 11.8. The predicted octanol–water partition coefficient (Wildman–Crippen LogP) is 3.22. The Hall–Kier alpha value is -3.69. The van der Waals surface area contributed by atoms with Gasteiger partial charge in [0.15, 0.2) is 5.43 Å². The maximum absolute atomic E-state index is 11.8. The highest BCUT2D eigenvalue weighted by Gasteiger charge is 2.24. The summed E-state index contributed by atoms with van der Waals surface area (Å²) in [7, 11) is -4.77. The van der Waals surface area contributed by atoms with Gasteiger partial charge in [0.25, 0.3) is 10.1 Å². The Morgan fingerprint density at radius 1 is 0.966 bits per heavy atom. The van der Waals surface area contributed by atoms with Crippen molar-refractivity contribution in [1.29, 1.82) is 0 Å². The first kappa shape index (κ1) is 18.7. The molecule has 4 rings (SSSR count). The number of benzene rings is 3. The average molecular weight is 412 g/mol. The average Bonchev–Trinajstić information content (AvgIpc) is 2.64. The molecule has 0 bridgehead atoms.